The van der Waals surface area contributed by atoms with Gasteiger partial charge in [0.25, 0.3) is 0 Å². The largest absolute Gasteiger partial charge is 0.381 e. The van der Waals surface area contributed by atoms with Crippen LogP contribution in [0.4, 0.5) is 0 Å². The average molecular weight is 243 g/mol. The molecule has 0 heterocycles. The lowest BCUT2D eigenvalue weighted by Crippen LogP contribution is -2.27. The van der Waals surface area contributed by atoms with E-state index < -0.39 is 0 Å². The number of nitrogens with one attached hydrogen (secondary N) is 1. The standard InChI is InChI=1S/C15H33NO/c1-4-6-7-8-9-10-13-17-14-11-15(3)16-12-5-2/h15-16H,4-14H2,1-3H3. The Balaban J connectivity index is 3.02. The smallest absolute Gasteiger partial charge is 0.0480 e. The molecule has 0 spiro atoms. The summed E-state index contributed by atoms with van der Waals surface area (Å²) < 4.78 is 5.65. The summed E-state index contributed by atoms with van der Waals surface area (Å²) >= 11 is 0. The SMILES string of the molecule is CCCCCCCCOCCC(C)NCCC. The van der Waals surface area contributed by atoms with Crippen LogP contribution in [-0.4, -0.2) is 25.8 Å². The van der Waals surface area contributed by atoms with Crippen molar-refractivity contribution in [1.82, 2.24) is 5.32 Å². The molecule has 0 aromatic heterocycles. The molecule has 104 valence electrons. The molecule has 0 radical (unpaired) electrons. The van der Waals surface area contributed by atoms with Gasteiger partial charge in [0.1, 0.15) is 0 Å². The third-order valence-corrected chi connectivity index (χ3v) is 3.08. The molecule has 0 fully saturated rings. The number of ether oxygens (including phenoxy) is 1. The van der Waals surface area contributed by atoms with E-state index in [9.17, 15) is 0 Å². The van der Waals surface area contributed by atoms with Crippen molar-refractivity contribution in [2.24, 2.45) is 0 Å². The zero-order chi connectivity index (χ0) is 12.8. The first kappa shape index (κ1) is 16.9. The van der Waals surface area contributed by atoms with E-state index in [0.717, 1.165) is 26.2 Å². The van der Waals surface area contributed by atoms with E-state index in [1.165, 1.54) is 44.9 Å². The number of rotatable bonds is 13. The fourth-order valence-corrected chi connectivity index (χ4v) is 1.84. The molecule has 0 rings (SSSR count). The van der Waals surface area contributed by atoms with E-state index in [1.807, 2.05) is 0 Å². The van der Waals surface area contributed by atoms with E-state index in [2.05, 4.69) is 26.1 Å². The fraction of sp³-hybridized carbons (Fsp3) is 1.00. The first-order valence-corrected chi connectivity index (χ1v) is 7.62. The van der Waals surface area contributed by atoms with Gasteiger partial charge in [0.05, 0.1) is 0 Å². The predicted molar refractivity (Wildman–Crippen MR) is 76.6 cm³/mol. The summed E-state index contributed by atoms with van der Waals surface area (Å²) in [6.45, 7) is 9.69. The summed E-state index contributed by atoms with van der Waals surface area (Å²) in [7, 11) is 0. The van der Waals surface area contributed by atoms with Crippen molar-refractivity contribution in [2.75, 3.05) is 19.8 Å². The topological polar surface area (TPSA) is 21.3 Å². The highest BCUT2D eigenvalue weighted by molar-refractivity contribution is 4.58. The summed E-state index contributed by atoms with van der Waals surface area (Å²) in [5.74, 6) is 0. The minimum Gasteiger partial charge on any atom is -0.381 e. The molecule has 0 saturated heterocycles. The molecule has 0 bridgehead atoms. The van der Waals surface area contributed by atoms with Crippen molar-refractivity contribution >= 4 is 0 Å². The molecule has 0 aromatic rings. The molecule has 17 heavy (non-hydrogen) atoms. The summed E-state index contributed by atoms with van der Waals surface area (Å²) in [6, 6.07) is 0.597. The lowest BCUT2D eigenvalue weighted by molar-refractivity contribution is 0.121. The molecule has 2 nitrogen and oxygen atoms in total. The van der Waals surface area contributed by atoms with E-state index in [4.69, 9.17) is 4.74 Å². The highest BCUT2D eigenvalue weighted by atomic mass is 16.5. The molecular weight excluding hydrogens is 210 g/mol. The van der Waals surface area contributed by atoms with Gasteiger partial charge in [0, 0.05) is 19.3 Å². The second-order valence-corrected chi connectivity index (χ2v) is 5.02. The van der Waals surface area contributed by atoms with Gasteiger partial charge in [0.2, 0.25) is 0 Å². The Hall–Kier alpha value is -0.0800. The maximum absolute atomic E-state index is 5.65. The van der Waals surface area contributed by atoms with Crippen LogP contribution in [0, 0.1) is 0 Å². The van der Waals surface area contributed by atoms with Crippen molar-refractivity contribution in [3.8, 4) is 0 Å². The van der Waals surface area contributed by atoms with Crippen molar-refractivity contribution in [2.45, 2.75) is 78.2 Å². The Morgan fingerprint density at radius 2 is 1.59 bits per heavy atom. The van der Waals surface area contributed by atoms with E-state index in [0.29, 0.717) is 6.04 Å². The molecule has 1 atom stereocenters. The second-order valence-electron chi connectivity index (χ2n) is 5.02. The highest BCUT2D eigenvalue weighted by Gasteiger charge is 1.99. The van der Waals surface area contributed by atoms with Crippen LogP contribution in [0.2, 0.25) is 0 Å². The Bertz CT molecular complexity index is 139. The average Bonchev–Trinajstić information content (AvgIpc) is 2.34. The summed E-state index contributed by atoms with van der Waals surface area (Å²) in [6.07, 6.45) is 10.4. The summed E-state index contributed by atoms with van der Waals surface area (Å²) in [5.41, 5.74) is 0. The fourth-order valence-electron chi connectivity index (χ4n) is 1.84. The van der Waals surface area contributed by atoms with Gasteiger partial charge >= 0.3 is 0 Å². The van der Waals surface area contributed by atoms with Gasteiger partial charge in [0.15, 0.2) is 0 Å². The van der Waals surface area contributed by atoms with Crippen molar-refractivity contribution in [1.29, 1.82) is 0 Å². The van der Waals surface area contributed by atoms with E-state index >= 15 is 0 Å². The third-order valence-electron chi connectivity index (χ3n) is 3.08. The van der Waals surface area contributed by atoms with Crippen LogP contribution < -0.4 is 5.32 Å². The predicted octanol–water partition coefficient (Wildman–Crippen LogP) is 4.14. The molecular formula is C15H33NO. The Labute approximate surface area is 109 Å². The molecule has 0 aliphatic heterocycles. The van der Waals surface area contributed by atoms with Gasteiger partial charge in [-0.25, -0.2) is 0 Å². The first-order valence-electron chi connectivity index (χ1n) is 7.62. The molecule has 0 amide bonds. The van der Waals surface area contributed by atoms with Gasteiger partial charge in [-0.3, -0.25) is 0 Å². The Kier molecular flexibility index (Phi) is 13.9. The molecule has 2 heteroatoms. The van der Waals surface area contributed by atoms with Gasteiger partial charge in [-0.05, 0) is 32.7 Å². The van der Waals surface area contributed by atoms with Crippen LogP contribution in [0.15, 0.2) is 0 Å². The Morgan fingerprint density at radius 1 is 0.882 bits per heavy atom. The molecule has 0 saturated carbocycles. The monoisotopic (exact) mass is 243 g/mol. The molecule has 1 N–H and O–H groups in total. The lowest BCUT2D eigenvalue weighted by Gasteiger charge is -2.12. The molecule has 1 unspecified atom stereocenters. The van der Waals surface area contributed by atoms with Crippen molar-refractivity contribution in [3.05, 3.63) is 0 Å². The van der Waals surface area contributed by atoms with Crippen LogP contribution in [0.5, 0.6) is 0 Å². The van der Waals surface area contributed by atoms with Crippen molar-refractivity contribution < 1.29 is 4.74 Å². The zero-order valence-electron chi connectivity index (χ0n) is 12.3. The van der Waals surface area contributed by atoms with Gasteiger partial charge in [-0.2, -0.15) is 0 Å². The maximum Gasteiger partial charge on any atom is 0.0480 e. The van der Waals surface area contributed by atoms with Crippen LogP contribution in [-0.2, 0) is 4.74 Å². The first-order chi connectivity index (χ1) is 8.31. The minimum absolute atomic E-state index is 0.597. The zero-order valence-corrected chi connectivity index (χ0v) is 12.3. The second kappa shape index (κ2) is 14.0. The number of hydrogen-bond acceptors (Lipinski definition) is 2. The van der Waals surface area contributed by atoms with E-state index in [-0.39, 0.29) is 0 Å². The molecule has 0 aliphatic carbocycles. The van der Waals surface area contributed by atoms with Crippen LogP contribution in [0.1, 0.15) is 72.1 Å². The third kappa shape index (κ3) is 13.9. The lowest BCUT2D eigenvalue weighted by atomic mass is 10.1. The quantitative estimate of drug-likeness (QED) is 0.491. The van der Waals surface area contributed by atoms with Gasteiger partial charge in [-0.15, -0.1) is 0 Å². The molecule has 0 aromatic carbocycles. The summed E-state index contributed by atoms with van der Waals surface area (Å²) in [5, 5.41) is 3.48. The highest BCUT2D eigenvalue weighted by Crippen LogP contribution is 2.05. The van der Waals surface area contributed by atoms with E-state index in [1.54, 1.807) is 0 Å². The van der Waals surface area contributed by atoms with Crippen molar-refractivity contribution in [3.63, 3.8) is 0 Å². The maximum atomic E-state index is 5.65. The van der Waals surface area contributed by atoms with Crippen LogP contribution >= 0.6 is 0 Å². The summed E-state index contributed by atoms with van der Waals surface area (Å²) in [4.78, 5) is 0. The van der Waals surface area contributed by atoms with Crippen LogP contribution in [0.25, 0.3) is 0 Å². The van der Waals surface area contributed by atoms with Gasteiger partial charge < -0.3 is 10.1 Å². The molecule has 0 aliphatic rings. The number of unbranched alkanes of at least 4 members (excludes halogenated alkanes) is 5. The van der Waals surface area contributed by atoms with Crippen LogP contribution in [0.3, 0.4) is 0 Å². The van der Waals surface area contributed by atoms with Gasteiger partial charge in [-0.1, -0.05) is 46.0 Å². The normalized spacial score (nSPS) is 12.9. The Morgan fingerprint density at radius 3 is 2.29 bits per heavy atom. The number of hydrogen-bond donors (Lipinski definition) is 1. The minimum atomic E-state index is 0.597.